The summed E-state index contributed by atoms with van der Waals surface area (Å²) >= 11 is 0. The standard InChI is InChI=1S/C37H34FN5/c1-6-27(22-28(7-2)40-25(5)21-26-14-10-9-11-15-26)24(4)20-32-34(8-3)42-43-36(32)35-23-31-29(18-19-39-37(31)41-35)30-16-12-13-17-33(30)38/h6-20,22-23,40,42H,2,4-5,21H2,1,3H3,(H,39,41)/b27-6+,28-22+,32-20+,34-8+. The van der Waals surface area contributed by atoms with E-state index in [2.05, 4.69) is 57.4 Å². The molecule has 0 aliphatic rings. The smallest absolute Gasteiger partial charge is 0.138 e. The molecule has 5 nitrogen and oxygen atoms in total. The SMILES string of the molecule is C=C/C(=C\C(=C/C)C(=C)/C=c1/c(-c2cc3c(-c4ccccc4F)ccnc3[nH]2)n[nH]/c1=C/C)NC(=C)Cc1ccccc1. The molecule has 3 heterocycles. The summed E-state index contributed by atoms with van der Waals surface area (Å²) in [4.78, 5) is 7.88. The molecular weight excluding hydrogens is 533 g/mol. The van der Waals surface area contributed by atoms with Crippen LogP contribution in [-0.4, -0.2) is 20.2 Å². The van der Waals surface area contributed by atoms with Crippen LogP contribution in [-0.2, 0) is 6.42 Å². The average Bonchev–Trinajstić information content (AvgIpc) is 3.63. The molecule has 0 fully saturated rings. The van der Waals surface area contributed by atoms with Gasteiger partial charge in [0, 0.05) is 40.2 Å². The maximum absolute atomic E-state index is 14.7. The van der Waals surface area contributed by atoms with Crippen LogP contribution in [0.15, 0.2) is 133 Å². The number of hydrogen-bond donors (Lipinski definition) is 3. The van der Waals surface area contributed by atoms with Gasteiger partial charge in [0.2, 0.25) is 0 Å². The van der Waals surface area contributed by atoms with Gasteiger partial charge in [-0.1, -0.05) is 80.4 Å². The molecule has 0 aliphatic carbocycles. The summed E-state index contributed by atoms with van der Waals surface area (Å²) in [6, 6.07) is 20.7. The maximum atomic E-state index is 14.7. The monoisotopic (exact) mass is 567 g/mol. The van der Waals surface area contributed by atoms with Crippen molar-refractivity contribution in [2.45, 2.75) is 20.3 Å². The molecule has 0 radical (unpaired) electrons. The van der Waals surface area contributed by atoms with E-state index in [0.717, 1.165) is 49.8 Å². The lowest BCUT2D eigenvalue weighted by Crippen LogP contribution is -2.23. The topological polar surface area (TPSA) is 69.4 Å². The van der Waals surface area contributed by atoms with Crippen molar-refractivity contribution >= 4 is 23.2 Å². The molecule has 6 heteroatoms. The summed E-state index contributed by atoms with van der Waals surface area (Å²) in [6.45, 7) is 16.5. The van der Waals surface area contributed by atoms with Gasteiger partial charge in [0.25, 0.3) is 0 Å². The minimum atomic E-state index is -0.283. The molecule has 43 heavy (non-hydrogen) atoms. The molecule has 5 rings (SSSR count). The molecule has 3 N–H and O–H groups in total. The number of aromatic amines is 2. The second-order valence-electron chi connectivity index (χ2n) is 10.1. The van der Waals surface area contributed by atoms with Crippen LogP contribution in [0.25, 0.3) is 45.7 Å². The molecule has 5 aromatic rings. The Labute approximate surface area is 250 Å². The van der Waals surface area contributed by atoms with E-state index in [1.165, 1.54) is 11.6 Å². The van der Waals surface area contributed by atoms with Gasteiger partial charge in [0.05, 0.1) is 11.0 Å². The fourth-order valence-electron chi connectivity index (χ4n) is 5.03. The molecule has 0 unspecified atom stereocenters. The minimum absolute atomic E-state index is 0.283. The van der Waals surface area contributed by atoms with Crippen molar-refractivity contribution in [3.8, 4) is 22.5 Å². The van der Waals surface area contributed by atoms with E-state index in [1.54, 1.807) is 24.4 Å². The van der Waals surface area contributed by atoms with Crippen molar-refractivity contribution < 1.29 is 4.39 Å². The highest BCUT2D eigenvalue weighted by Crippen LogP contribution is 2.31. The summed E-state index contributed by atoms with van der Waals surface area (Å²) < 4.78 is 14.7. The molecule has 0 saturated heterocycles. The Morgan fingerprint density at radius 3 is 2.49 bits per heavy atom. The number of fused-ring (bicyclic) bond motifs is 1. The van der Waals surface area contributed by atoms with E-state index in [4.69, 9.17) is 0 Å². The number of hydrogen-bond acceptors (Lipinski definition) is 3. The van der Waals surface area contributed by atoms with Crippen molar-refractivity contribution in [3.63, 3.8) is 0 Å². The highest BCUT2D eigenvalue weighted by Gasteiger charge is 2.15. The van der Waals surface area contributed by atoms with Crippen molar-refractivity contribution in [1.29, 1.82) is 0 Å². The Morgan fingerprint density at radius 1 is 1.00 bits per heavy atom. The largest absolute Gasteiger partial charge is 0.359 e. The lowest BCUT2D eigenvalue weighted by molar-refractivity contribution is 0.631. The van der Waals surface area contributed by atoms with Crippen molar-refractivity contribution in [2.24, 2.45) is 0 Å². The fourth-order valence-corrected chi connectivity index (χ4v) is 5.03. The zero-order valence-electron chi connectivity index (χ0n) is 24.4. The van der Waals surface area contributed by atoms with Crippen LogP contribution < -0.4 is 15.9 Å². The Kier molecular flexibility index (Phi) is 8.77. The van der Waals surface area contributed by atoms with E-state index < -0.39 is 0 Å². The third kappa shape index (κ3) is 6.39. The predicted octanol–water partition coefficient (Wildman–Crippen LogP) is 7.26. The van der Waals surface area contributed by atoms with Crippen molar-refractivity contribution in [3.05, 3.63) is 155 Å². The van der Waals surface area contributed by atoms with Crippen LogP contribution >= 0.6 is 0 Å². The number of H-pyrrole nitrogens is 2. The number of nitrogens with one attached hydrogen (secondary N) is 3. The molecule has 3 aromatic heterocycles. The molecule has 0 saturated carbocycles. The number of aromatic nitrogens is 4. The van der Waals surface area contributed by atoms with Gasteiger partial charge in [-0.25, -0.2) is 9.37 Å². The van der Waals surface area contributed by atoms with E-state index in [-0.39, 0.29) is 5.82 Å². The third-order valence-electron chi connectivity index (χ3n) is 7.19. The van der Waals surface area contributed by atoms with Gasteiger partial charge in [0.15, 0.2) is 0 Å². The zero-order chi connectivity index (χ0) is 30.3. The predicted molar refractivity (Wildman–Crippen MR) is 177 cm³/mol. The maximum Gasteiger partial charge on any atom is 0.138 e. The molecule has 0 spiro atoms. The van der Waals surface area contributed by atoms with Crippen LogP contribution in [0.1, 0.15) is 19.4 Å². The van der Waals surface area contributed by atoms with E-state index in [0.29, 0.717) is 23.3 Å². The summed E-state index contributed by atoms with van der Waals surface area (Å²) in [7, 11) is 0. The van der Waals surface area contributed by atoms with Gasteiger partial charge in [-0.2, -0.15) is 5.10 Å². The lowest BCUT2D eigenvalue weighted by atomic mass is 10.0. The summed E-state index contributed by atoms with van der Waals surface area (Å²) in [5.41, 5.74) is 7.99. The fraction of sp³-hybridized carbons (Fsp3) is 0.0811. The van der Waals surface area contributed by atoms with E-state index in [1.807, 2.05) is 74.5 Å². The normalized spacial score (nSPS) is 13.0. The quantitative estimate of drug-likeness (QED) is 0.156. The third-order valence-corrected chi connectivity index (χ3v) is 7.19. The van der Waals surface area contributed by atoms with E-state index in [9.17, 15) is 4.39 Å². The molecule has 214 valence electrons. The molecule has 0 atom stereocenters. The molecule has 0 bridgehead atoms. The van der Waals surface area contributed by atoms with Gasteiger partial charge < -0.3 is 10.3 Å². The lowest BCUT2D eigenvalue weighted by Gasteiger charge is -2.12. The Bertz CT molecular complexity index is 2000. The van der Waals surface area contributed by atoms with Gasteiger partial charge >= 0.3 is 0 Å². The Balaban J connectivity index is 1.48. The van der Waals surface area contributed by atoms with Gasteiger partial charge in [-0.05, 0) is 72.5 Å². The highest BCUT2D eigenvalue weighted by atomic mass is 19.1. The van der Waals surface area contributed by atoms with E-state index >= 15 is 0 Å². The first-order chi connectivity index (χ1) is 20.9. The summed E-state index contributed by atoms with van der Waals surface area (Å²) in [6.07, 6.45) is 12.1. The van der Waals surface area contributed by atoms with Crippen molar-refractivity contribution in [1.82, 2.24) is 25.5 Å². The molecule has 0 aliphatic heterocycles. The highest BCUT2D eigenvalue weighted by molar-refractivity contribution is 5.96. The number of nitrogens with zero attached hydrogens (tertiary/aromatic N) is 2. The van der Waals surface area contributed by atoms with Crippen LogP contribution in [0.2, 0.25) is 0 Å². The first-order valence-electron chi connectivity index (χ1n) is 14.1. The molecule has 0 amide bonds. The zero-order valence-corrected chi connectivity index (χ0v) is 24.4. The second kappa shape index (κ2) is 13.0. The summed E-state index contributed by atoms with van der Waals surface area (Å²) in [5.74, 6) is -0.283. The minimum Gasteiger partial charge on any atom is -0.359 e. The van der Waals surface area contributed by atoms with Crippen LogP contribution in [0, 0.1) is 5.82 Å². The Morgan fingerprint density at radius 2 is 1.77 bits per heavy atom. The van der Waals surface area contributed by atoms with Crippen LogP contribution in [0.5, 0.6) is 0 Å². The Hall–Kier alpha value is -5.49. The number of allylic oxidation sites excluding steroid dienone is 6. The average molecular weight is 568 g/mol. The number of halogens is 1. The van der Waals surface area contributed by atoms with Crippen LogP contribution in [0.3, 0.4) is 0 Å². The van der Waals surface area contributed by atoms with Crippen LogP contribution in [0.4, 0.5) is 4.39 Å². The summed E-state index contributed by atoms with van der Waals surface area (Å²) in [5, 5.41) is 13.7. The number of pyridine rings is 1. The van der Waals surface area contributed by atoms with Crippen molar-refractivity contribution in [2.75, 3.05) is 0 Å². The first kappa shape index (κ1) is 29.0. The first-order valence-corrected chi connectivity index (χ1v) is 14.1. The van der Waals surface area contributed by atoms with Gasteiger partial charge in [0.1, 0.15) is 17.2 Å². The second-order valence-corrected chi connectivity index (χ2v) is 10.1. The molecule has 2 aromatic carbocycles. The number of rotatable bonds is 10. The number of benzene rings is 2. The molecular formula is C37H34FN5. The van der Waals surface area contributed by atoms with Gasteiger partial charge in [-0.3, -0.25) is 5.10 Å². The van der Waals surface area contributed by atoms with Gasteiger partial charge in [-0.15, -0.1) is 0 Å².